The highest BCUT2D eigenvalue weighted by atomic mass is 16.3. The van der Waals surface area contributed by atoms with Gasteiger partial charge in [-0.05, 0) is 11.1 Å². The monoisotopic (exact) mass is 176 g/mol. The van der Waals surface area contributed by atoms with E-state index in [1.165, 1.54) is 11.1 Å². The summed E-state index contributed by atoms with van der Waals surface area (Å²) in [5.74, 6) is 0. The lowest BCUT2D eigenvalue weighted by molar-refractivity contribution is -0.112. The molecular weight excluding hydrogens is 164 g/mol. The van der Waals surface area contributed by atoms with Crippen LogP contribution in [0, 0.1) is 0 Å². The van der Waals surface area contributed by atoms with E-state index < -0.39 is 5.60 Å². The Morgan fingerprint density at radius 3 is 2.31 bits per heavy atom. The quantitative estimate of drug-likeness (QED) is 0.685. The molecule has 0 fully saturated rings. The molecule has 0 saturated heterocycles. The summed E-state index contributed by atoms with van der Waals surface area (Å²) in [6, 6.07) is 7.95. The fourth-order valence-corrected chi connectivity index (χ4v) is 1.97. The summed E-state index contributed by atoms with van der Waals surface area (Å²) in [6.07, 6.45) is 2.26. The van der Waals surface area contributed by atoms with Gasteiger partial charge >= 0.3 is 0 Å². The van der Waals surface area contributed by atoms with Crippen LogP contribution in [0.2, 0.25) is 0 Å². The fourth-order valence-electron chi connectivity index (χ4n) is 1.97. The molecule has 1 aromatic carbocycles. The van der Waals surface area contributed by atoms with Crippen molar-refractivity contribution in [3.63, 3.8) is 0 Å². The molecule has 0 aliphatic heterocycles. The van der Waals surface area contributed by atoms with Crippen LogP contribution in [0.25, 0.3) is 0 Å². The summed E-state index contributed by atoms with van der Waals surface area (Å²) in [5, 5.41) is 9.98. The third-order valence-corrected chi connectivity index (χ3v) is 2.62. The van der Waals surface area contributed by atoms with Crippen LogP contribution in [0.5, 0.6) is 0 Å². The lowest BCUT2D eigenvalue weighted by atomic mass is 9.97. The lowest BCUT2D eigenvalue weighted by Crippen LogP contribution is -2.29. The lowest BCUT2D eigenvalue weighted by Gasteiger charge is -2.18. The van der Waals surface area contributed by atoms with Gasteiger partial charge in [0.25, 0.3) is 0 Å². The number of fused-ring (bicyclic) bond motifs is 1. The normalized spacial score (nSPS) is 18.2. The van der Waals surface area contributed by atoms with Crippen LogP contribution in [0.4, 0.5) is 0 Å². The Morgan fingerprint density at radius 1 is 1.31 bits per heavy atom. The molecule has 0 heterocycles. The van der Waals surface area contributed by atoms with E-state index in [1.807, 2.05) is 24.3 Å². The standard InChI is InChI=1S/C11H12O2/c12-6-5-11(13)7-9-3-1-2-4-10(9)8-11/h1-4,6,13H,5,7-8H2. The van der Waals surface area contributed by atoms with Gasteiger partial charge in [-0.2, -0.15) is 0 Å². The molecule has 0 radical (unpaired) electrons. The van der Waals surface area contributed by atoms with E-state index >= 15 is 0 Å². The highest BCUT2D eigenvalue weighted by Crippen LogP contribution is 2.31. The molecule has 2 heteroatoms. The van der Waals surface area contributed by atoms with Crippen LogP contribution < -0.4 is 0 Å². The van der Waals surface area contributed by atoms with Crippen molar-refractivity contribution >= 4 is 6.29 Å². The average Bonchev–Trinajstić information content (AvgIpc) is 2.40. The van der Waals surface area contributed by atoms with E-state index in [-0.39, 0.29) is 6.42 Å². The Labute approximate surface area is 77.2 Å². The molecule has 13 heavy (non-hydrogen) atoms. The molecule has 2 rings (SSSR count). The summed E-state index contributed by atoms with van der Waals surface area (Å²) in [6.45, 7) is 0. The molecule has 1 aliphatic rings. The van der Waals surface area contributed by atoms with Crippen LogP contribution in [0.1, 0.15) is 17.5 Å². The van der Waals surface area contributed by atoms with Crippen molar-refractivity contribution in [2.75, 3.05) is 0 Å². The summed E-state index contributed by atoms with van der Waals surface area (Å²) in [4.78, 5) is 10.4. The van der Waals surface area contributed by atoms with Gasteiger partial charge in [0.1, 0.15) is 6.29 Å². The largest absolute Gasteiger partial charge is 0.389 e. The molecule has 68 valence electrons. The zero-order valence-electron chi connectivity index (χ0n) is 7.36. The van der Waals surface area contributed by atoms with Crippen molar-refractivity contribution in [2.24, 2.45) is 0 Å². The van der Waals surface area contributed by atoms with Crippen molar-refractivity contribution in [1.82, 2.24) is 0 Å². The number of carbonyl (C=O) groups excluding carboxylic acids is 1. The SMILES string of the molecule is O=CCC1(O)Cc2ccccc2C1. The van der Waals surface area contributed by atoms with Gasteiger partial charge in [-0.15, -0.1) is 0 Å². The Bertz CT molecular complexity index is 306. The molecular formula is C11H12O2. The zero-order valence-corrected chi connectivity index (χ0v) is 7.36. The van der Waals surface area contributed by atoms with Crippen molar-refractivity contribution in [3.05, 3.63) is 35.4 Å². The van der Waals surface area contributed by atoms with E-state index in [0.717, 1.165) is 6.29 Å². The van der Waals surface area contributed by atoms with Crippen molar-refractivity contribution < 1.29 is 9.90 Å². The molecule has 0 amide bonds. The molecule has 0 aromatic heterocycles. The first-order chi connectivity index (χ1) is 6.23. The number of hydrogen-bond donors (Lipinski definition) is 1. The topological polar surface area (TPSA) is 37.3 Å². The molecule has 1 aromatic rings. The highest BCUT2D eigenvalue weighted by Gasteiger charge is 2.34. The minimum Gasteiger partial charge on any atom is -0.389 e. The number of rotatable bonds is 2. The third-order valence-electron chi connectivity index (χ3n) is 2.62. The number of aliphatic hydroxyl groups is 1. The van der Waals surface area contributed by atoms with Crippen molar-refractivity contribution in [3.8, 4) is 0 Å². The minimum absolute atomic E-state index is 0.238. The third kappa shape index (κ3) is 1.49. The van der Waals surface area contributed by atoms with Gasteiger partial charge in [-0.3, -0.25) is 0 Å². The molecule has 2 nitrogen and oxygen atoms in total. The second kappa shape index (κ2) is 2.96. The molecule has 0 unspecified atom stereocenters. The summed E-state index contributed by atoms with van der Waals surface area (Å²) >= 11 is 0. The Kier molecular flexibility index (Phi) is 1.93. The minimum atomic E-state index is -0.814. The van der Waals surface area contributed by atoms with E-state index in [2.05, 4.69) is 0 Å². The Morgan fingerprint density at radius 2 is 1.85 bits per heavy atom. The van der Waals surface area contributed by atoms with Gasteiger partial charge < -0.3 is 9.90 Å². The molecule has 0 bridgehead atoms. The number of aldehydes is 1. The van der Waals surface area contributed by atoms with E-state index in [1.54, 1.807) is 0 Å². The predicted octanol–water partition coefficient (Wildman–Crippen LogP) is 1.11. The maximum atomic E-state index is 10.4. The highest BCUT2D eigenvalue weighted by molar-refractivity contribution is 5.53. The van der Waals surface area contributed by atoms with Gasteiger partial charge in [-0.25, -0.2) is 0 Å². The van der Waals surface area contributed by atoms with E-state index in [9.17, 15) is 9.90 Å². The van der Waals surface area contributed by atoms with Crippen LogP contribution >= 0.6 is 0 Å². The van der Waals surface area contributed by atoms with E-state index in [0.29, 0.717) is 12.8 Å². The van der Waals surface area contributed by atoms with Gasteiger partial charge in [0, 0.05) is 19.3 Å². The van der Waals surface area contributed by atoms with Crippen LogP contribution in [0.15, 0.2) is 24.3 Å². The fraction of sp³-hybridized carbons (Fsp3) is 0.364. The van der Waals surface area contributed by atoms with E-state index in [4.69, 9.17) is 0 Å². The first-order valence-electron chi connectivity index (χ1n) is 4.46. The molecule has 0 atom stereocenters. The predicted molar refractivity (Wildman–Crippen MR) is 49.5 cm³/mol. The van der Waals surface area contributed by atoms with Crippen LogP contribution in [-0.4, -0.2) is 17.0 Å². The number of carbonyl (C=O) groups is 1. The smallest absolute Gasteiger partial charge is 0.122 e. The van der Waals surface area contributed by atoms with Gasteiger partial charge in [0.05, 0.1) is 5.60 Å². The van der Waals surface area contributed by atoms with Crippen molar-refractivity contribution in [1.29, 1.82) is 0 Å². The second-order valence-electron chi connectivity index (χ2n) is 3.72. The first kappa shape index (κ1) is 8.45. The maximum Gasteiger partial charge on any atom is 0.122 e. The van der Waals surface area contributed by atoms with Gasteiger partial charge in [-0.1, -0.05) is 24.3 Å². The number of benzene rings is 1. The van der Waals surface area contributed by atoms with Crippen molar-refractivity contribution in [2.45, 2.75) is 24.9 Å². The van der Waals surface area contributed by atoms with Gasteiger partial charge in [0.15, 0.2) is 0 Å². The zero-order chi connectivity index (χ0) is 9.31. The molecule has 1 N–H and O–H groups in total. The maximum absolute atomic E-state index is 10.4. The van der Waals surface area contributed by atoms with Gasteiger partial charge in [0.2, 0.25) is 0 Å². The Hall–Kier alpha value is -1.15. The molecule has 0 saturated carbocycles. The summed E-state index contributed by atoms with van der Waals surface area (Å²) in [5.41, 5.74) is 1.53. The molecule has 1 aliphatic carbocycles. The number of hydrogen-bond acceptors (Lipinski definition) is 2. The second-order valence-corrected chi connectivity index (χ2v) is 3.72. The first-order valence-corrected chi connectivity index (χ1v) is 4.46. The summed E-state index contributed by atoms with van der Waals surface area (Å²) < 4.78 is 0. The summed E-state index contributed by atoms with van der Waals surface area (Å²) in [7, 11) is 0. The Balaban J connectivity index is 2.26. The molecule has 0 spiro atoms. The van der Waals surface area contributed by atoms with Crippen LogP contribution in [-0.2, 0) is 17.6 Å². The average molecular weight is 176 g/mol. The van der Waals surface area contributed by atoms with Crippen LogP contribution in [0.3, 0.4) is 0 Å².